The van der Waals surface area contributed by atoms with Crippen LogP contribution in [0.5, 0.6) is 0 Å². The maximum atomic E-state index is 13.0. The molecule has 0 spiro atoms. The summed E-state index contributed by atoms with van der Waals surface area (Å²) in [4.78, 5) is 13.2. The SMILES string of the molecule is Cc1ccc(S(=O)(=O)N2CCN(c3nc(-c4cccs4)nc4ccccc34)CC2)cc1. The van der Waals surface area contributed by atoms with Gasteiger partial charge in [0.1, 0.15) is 5.82 Å². The Morgan fingerprint density at radius 3 is 2.32 bits per heavy atom. The van der Waals surface area contributed by atoms with Crippen molar-refractivity contribution >= 4 is 38.1 Å². The third kappa shape index (κ3) is 3.82. The number of anilines is 1. The van der Waals surface area contributed by atoms with Gasteiger partial charge in [-0.2, -0.15) is 4.31 Å². The minimum Gasteiger partial charge on any atom is -0.353 e. The second-order valence-electron chi connectivity index (χ2n) is 7.57. The molecule has 158 valence electrons. The standard InChI is InChI=1S/C23H22N4O2S2/c1-17-8-10-18(11-9-17)31(28,29)27-14-12-26(13-15-27)23-19-5-2-3-6-20(19)24-22(25-23)21-7-4-16-30-21/h2-11,16H,12-15H2,1H3. The molecular formula is C23H22N4O2S2. The lowest BCUT2D eigenvalue weighted by Crippen LogP contribution is -2.49. The van der Waals surface area contributed by atoms with E-state index in [-0.39, 0.29) is 0 Å². The smallest absolute Gasteiger partial charge is 0.243 e. The summed E-state index contributed by atoms with van der Waals surface area (Å²) < 4.78 is 27.7. The van der Waals surface area contributed by atoms with E-state index in [0.717, 1.165) is 27.2 Å². The van der Waals surface area contributed by atoms with Gasteiger partial charge >= 0.3 is 0 Å². The van der Waals surface area contributed by atoms with Gasteiger partial charge in [0, 0.05) is 31.6 Å². The molecule has 2 aromatic carbocycles. The van der Waals surface area contributed by atoms with Crippen molar-refractivity contribution < 1.29 is 8.42 Å². The number of nitrogens with zero attached hydrogens (tertiary/aromatic N) is 4. The van der Waals surface area contributed by atoms with Gasteiger partial charge < -0.3 is 4.90 Å². The minimum atomic E-state index is -3.49. The maximum absolute atomic E-state index is 13.0. The molecular weight excluding hydrogens is 428 g/mol. The van der Waals surface area contributed by atoms with Crippen LogP contribution in [0, 0.1) is 6.92 Å². The van der Waals surface area contributed by atoms with Gasteiger partial charge in [-0.1, -0.05) is 35.9 Å². The highest BCUT2D eigenvalue weighted by Crippen LogP contribution is 2.30. The second kappa shape index (κ2) is 8.03. The van der Waals surface area contributed by atoms with Crippen LogP contribution in [0.15, 0.2) is 70.9 Å². The first-order valence-electron chi connectivity index (χ1n) is 10.1. The molecule has 3 heterocycles. The molecule has 0 radical (unpaired) electrons. The number of sulfonamides is 1. The van der Waals surface area contributed by atoms with Gasteiger partial charge in [-0.15, -0.1) is 11.3 Å². The van der Waals surface area contributed by atoms with Crippen molar-refractivity contribution in [2.45, 2.75) is 11.8 Å². The van der Waals surface area contributed by atoms with Crippen LogP contribution in [0.2, 0.25) is 0 Å². The lowest BCUT2D eigenvalue weighted by Gasteiger charge is -2.35. The fourth-order valence-corrected chi connectivity index (χ4v) is 5.90. The van der Waals surface area contributed by atoms with Crippen molar-refractivity contribution in [3.05, 3.63) is 71.6 Å². The average Bonchev–Trinajstić information content (AvgIpc) is 3.34. The molecule has 0 atom stereocenters. The Kier molecular flexibility index (Phi) is 5.21. The van der Waals surface area contributed by atoms with Gasteiger partial charge in [0.2, 0.25) is 10.0 Å². The molecule has 0 aliphatic carbocycles. The Morgan fingerprint density at radius 2 is 1.61 bits per heavy atom. The Morgan fingerprint density at radius 1 is 0.871 bits per heavy atom. The van der Waals surface area contributed by atoms with E-state index in [9.17, 15) is 8.42 Å². The Hall–Kier alpha value is -2.81. The lowest BCUT2D eigenvalue weighted by molar-refractivity contribution is 0.384. The molecule has 0 saturated carbocycles. The minimum absolute atomic E-state index is 0.346. The van der Waals surface area contributed by atoms with E-state index >= 15 is 0 Å². The summed E-state index contributed by atoms with van der Waals surface area (Å²) in [7, 11) is -3.49. The molecule has 1 fully saturated rings. The van der Waals surface area contributed by atoms with Crippen LogP contribution in [-0.4, -0.2) is 48.9 Å². The molecule has 0 amide bonds. The van der Waals surface area contributed by atoms with Crippen molar-refractivity contribution in [3.8, 4) is 10.7 Å². The number of hydrogen-bond donors (Lipinski definition) is 0. The number of aryl methyl sites for hydroxylation is 1. The Balaban J connectivity index is 1.43. The predicted octanol–water partition coefficient (Wildman–Crippen LogP) is 4.18. The number of piperazine rings is 1. The summed E-state index contributed by atoms with van der Waals surface area (Å²) >= 11 is 1.61. The molecule has 31 heavy (non-hydrogen) atoms. The van der Waals surface area contributed by atoms with E-state index in [4.69, 9.17) is 9.97 Å². The number of benzene rings is 2. The first-order valence-corrected chi connectivity index (χ1v) is 12.5. The molecule has 4 aromatic rings. The Bertz CT molecular complexity index is 1310. The van der Waals surface area contributed by atoms with Crippen molar-refractivity contribution in [2.24, 2.45) is 0 Å². The molecule has 1 aliphatic rings. The Labute approximate surface area is 185 Å². The lowest BCUT2D eigenvalue weighted by atomic mass is 10.2. The number of hydrogen-bond acceptors (Lipinski definition) is 6. The van der Waals surface area contributed by atoms with E-state index in [0.29, 0.717) is 36.9 Å². The normalized spacial score (nSPS) is 15.5. The van der Waals surface area contributed by atoms with Gasteiger partial charge in [-0.05, 0) is 42.6 Å². The van der Waals surface area contributed by atoms with Gasteiger partial charge in [0.05, 0.1) is 15.3 Å². The molecule has 5 rings (SSSR count). The van der Waals surface area contributed by atoms with Gasteiger partial charge in [0.25, 0.3) is 0 Å². The number of para-hydroxylation sites is 1. The zero-order valence-electron chi connectivity index (χ0n) is 17.1. The van der Waals surface area contributed by atoms with Gasteiger partial charge in [-0.25, -0.2) is 18.4 Å². The van der Waals surface area contributed by atoms with Gasteiger partial charge in [-0.3, -0.25) is 0 Å². The van der Waals surface area contributed by atoms with E-state index in [1.807, 2.05) is 60.8 Å². The molecule has 8 heteroatoms. The summed E-state index contributed by atoms with van der Waals surface area (Å²) in [6, 6.07) is 19.0. The van der Waals surface area contributed by atoms with E-state index in [1.54, 1.807) is 27.8 Å². The highest BCUT2D eigenvalue weighted by Gasteiger charge is 2.29. The van der Waals surface area contributed by atoms with Gasteiger partial charge in [0.15, 0.2) is 5.82 Å². The van der Waals surface area contributed by atoms with Crippen LogP contribution in [0.1, 0.15) is 5.56 Å². The van der Waals surface area contributed by atoms with E-state index in [2.05, 4.69) is 4.90 Å². The summed E-state index contributed by atoms with van der Waals surface area (Å²) in [5.74, 6) is 1.57. The summed E-state index contributed by atoms with van der Waals surface area (Å²) in [6.45, 7) is 3.95. The molecule has 0 N–H and O–H groups in total. The van der Waals surface area contributed by atoms with Crippen molar-refractivity contribution in [3.63, 3.8) is 0 Å². The molecule has 0 bridgehead atoms. The summed E-state index contributed by atoms with van der Waals surface area (Å²) in [5, 5.41) is 3.00. The van der Waals surface area contributed by atoms with Crippen molar-refractivity contribution in [1.82, 2.24) is 14.3 Å². The molecule has 1 saturated heterocycles. The number of fused-ring (bicyclic) bond motifs is 1. The first kappa shape index (κ1) is 20.1. The highest BCUT2D eigenvalue weighted by atomic mass is 32.2. The van der Waals surface area contributed by atoms with Crippen LogP contribution in [0.4, 0.5) is 5.82 Å². The zero-order chi connectivity index (χ0) is 21.4. The monoisotopic (exact) mass is 450 g/mol. The summed E-state index contributed by atoms with van der Waals surface area (Å²) in [5.41, 5.74) is 1.94. The van der Waals surface area contributed by atoms with Crippen LogP contribution in [0.25, 0.3) is 21.6 Å². The van der Waals surface area contributed by atoms with Crippen molar-refractivity contribution in [2.75, 3.05) is 31.1 Å². The molecule has 6 nitrogen and oxygen atoms in total. The third-order valence-corrected chi connectivity index (χ3v) is 8.30. The number of aromatic nitrogens is 2. The van der Waals surface area contributed by atoms with Crippen LogP contribution >= 0.6 is 11.3 Å². The average molecular weight is 451 g/mol. The van der Waals surface area contributed by atoms with Crippen LogP contribution in [-0.2, 0) is 10.0 Å². The highest BCUT2D eigenvalue weighted by molar-refractivity contribution is 7.89. The zero-order valence-corrected chi connectivity index (χ0v) is 18.7. The molecule has 0 unspecified atom stereocenters. The molecule has 2 aromatic heterocycles. The fraction of sp³-hybridized carbons (Fsp3) is 0.217. The summed E-state index contributed by atoms with van der Waals surface area (Å²) in [6.07, 6.45) is 0. The predicted molar refractivity (Wildman–Crippen MR) is 125 cm³/mol. The first-order chi connectivity index (χ1) is 15.0. The molecule has 1 aliphatic heterocycles. The van der Waals surface area contributed by atoms with Crippen LogP contribution in [0.3, 0.4) is 0 Å². The second-order valence-corrected chi connectivity index (χ2v) is 10.5. The quantitative estimate of drug-likeness (QED) is 0.467. The van der Waals surface area contributed by atoms with E-state index in [1.165, 1.54) is 0 Å². The third-order valence-electron chi connectivity index (χ3n) is 5.52. The van der Waals surface area contributed by atoms with Crippen molar-refractivity contribution in [1.29, 1.82) is 0 Å². The number of thiophene rings is 1. The maximum Gasteiger partial charge on any atom is 0.243 e. The topological polar surface area (TPSA) is 66.4 Å². The van der Waals surface area contributed by atoms with Crippen LogP contribution < -0.4 is 4.90 Å². The van der Waals surface area contributed by atoms with E-state index < -0.39 is 10.0 Å². The largest absolute Gasteiger partial charge is 0.353 e. The number of rotatable bonds is 4. The fourth-order valence-electron chi connectivity index (χ4n) is 3.82.